The summed E-state index contributed by atoms with van der Waals surface area (Å²) in [4.78, 5) is 25.9. The van der Waals surface area contributed by atoms with Crippen LogP contribution in [0.5, 0.6) is 0 Å². The van der Waals surface area contributed by atoms with Crippen LogP contribution in [0.15, 0.2) is 52.2 Å². The van der Waals surface area contributed by atoms with Crippen LogP contribution >= 0.6 is 11.6 Å². The van der Waals surface area contributed by atoms with Crippen molar-refractivity contribution in [3.8, 4) is 0 Å². The first-order valence-electron chi connectivity index (χ1n) is 9.47. The van der Waals surface area contributed by atoms with Gasteiger partial charge in [-0.1, -0.05) is 34.0 Å². The minimum atomic E-state index is -5.31. The lowest BCUT2D eigenvalue weighted by Crippen LogP contribution is -2.25. The van der Waals surface area contributed by atoms with Crippen LogP contribution in [-0.2, 0) is 27.4 Å². The number of nitrogens with zero attached hydrogens (tertiary/aromatic N) is 3. The van der Waals surface area contributed by atoms with E-state index >= 15 is 0 Å². The third-order valence-corrected chi connectivity index (χ3v) is 4.47. The summed E-state index contributed by atoms with van der Waals surface area (Å²) in [5, 5.41) is 24.4. The number of carboxylic acids is 1. The SMILES string of the molecule is O=C(O)Cc1ccc(NCc2nonc2/C(=N\OC(=O)C(F)(F)F)Nc2ccc(F)c(Cl)c2)cc1. The van der Waals surface area contributed by atoms with Gasteiger partial charge in [0.2, 0.25) is 5.84 Å². The average Bonchev–Trinajstić information content (AvgIpc) is 3.26. The van der Waals surface area contributed by atoms with Gasteiger partial charge in [-0.3, -0.25) is 4.79 Å². The molecule has 0 radical (unpaired) electrons. The molecule has 0 unspecified atom stereocenters. The molecular weight excluding hydrogens is 502 g/mol. The van der Waals surface area contributed by atoms with E-state index in [4.69, 9.17) is 16.7 Å². The normalized spacial score (nSPS) is 11.7. The summed E-state index contributed by atoms with van der Waals surface area (Å²) in [5.74, 6) is -4.84. The van der Waals surface area contributed by atoms with Crippen molar-refractivity contribution in [2.75, 3.05) is 10.6 Å². The second-order valence-corrected chi connectivity index (χ2v) is 7.16. The van der Waals surface area contributed by atoms with E-state index in [2.05, 4.69) is 35.6 Å². The summed E-state index contributed by atoms with van der Waals surface area (Å²) in [6, 6.07) is 9.67. The molecule has 1 heterocycles. The smallest absolute Gasteiger partial charge is 0.481 e. The first-order chi connectivity index (χ1) is 16.5. The van der Waals surface area contributed by atoms with Gasteiger partial charge in [-0.25, -0.2) is 13.8 Å². The first-order valence-corrected chi connectivity index (χ1v) is 9.85. The fraction of sp³-hybridized carbons (Fsp3) is 0.150. The fourth-order valence-corrected chi connectivity index (χ4v) is 2.76. The van der Waals surface area contributed by atoms with E-state index in [0.717, 1.165) is 12.1 Å². The first kappa shape index (κ1) is 25.4. The van der Waals surface area contributed by atoms with Crippen molar-refractivity contribution in [2.24, 2.45) is 5.16 Å². The number of rotatable bonds is 8. The quantitative estimate of drug-likeness (QED) is 0.134. The van der Waals surface area contributed by atoms with Gasteiger partial charge in [-0.2, -0.15) is 13.2 Å². The molecule has 0 saturated heterocycles. The van der Waals surface area contributed by atoms with Crippen molar-refractivity contribution < 1.29 is 41.7 Å². The van der Waals surface area contributed by atoms with Crippen molar-refractivity contribution in [3.63, 3.8) is 0 Å². The molecule has 15 heteroatoms. The predicted molar refractivity (Wildman–Crippen MR) is 113 cm³/mol. The molecule has 0 spiro atoms. The predicted octanol–water partition coefficient (Wildman–Crippen LogP) is 3.98. The monoisotopic (exact) mass is 515 g/mol. The Hall–Kier alpha value is -4.20. The molecule has 1 aromatic heterocycles. The van der Waals surface area contributed by atoms with Gasteiger partial charge in [0.1, 0.15) is 11.5 Å². The van der Waals surface area contributed by atoms with Gasteiger partial charge >= 0.3 is 18.1 Å². The molecule has 2 aromatic carbocycles. The van der Waals surface area contributed by atoms with Gasteiger partial charge in [0.15, 0.2) is 5.69 Å². The van der Waals surface area contributed by atoms with Gasteiger partial charge in [0.05, 0.1) is 18.0 Å². The third kappa shape index (κ3) is 7.14. The van der Waals surface area contributed by atoms with Crippen LogP contribution < -0.4 is 10.6 Å². The molecule has 0 atom stereocenters. The highest BCUT2D eigenvalue weighted by atomic mass is 35.5. The van der Waals surface area contributed by atoms with Gasteiger partial charge < -0.3 is 20.6 Å². The summed E-state index contributed by atoms with van der Waals surface area (Å²) in [6.45, 7) is -0.0742. The summed E-state index contributed by atoms with van der Waals surface area (Å²) in [7, 11) is 0. The van der Waals surface area contributed by atoms with Gasteiger partial charge in [-0.05, 0) is 41.1 Å². The number of hydrogen-bond acceptors (Lipinski definition) is 8. The highest BCUT2D eigenvalue weighted by Crippen LogP contribution is 2.22. The van der Waals surface area contributed by atoms with Crippen LogP contribution in [0, 0.1) is 5.82 Å². The lowest BCUT2D eigenvalue weighted by atomic mass is 10.1. The number of benzene rings is 2. The molecule has 0 aliphatic heterocycles. The number of hydrogen-bond donors (Lipinski definition) is 3. The Morgan fingerprint density at radius 1 is 1.11 bits per heavy atom. The van der Waals surface area contributed by atoms with Crippen molar-refractivity contribution in [1.82, 2.24) is 10.3 Å². The maximum absolute atomic E-state index is 13.4. The number of nitrogens with one attached hydrogen (secondary N) is 2. The lowest BCUT2D eigenvalue weighted by Gasteiger charge is -2.10. The van der Waals surface area contributed by atoms with E-state index < -0.39 is 29.8 Å². The number of carbonyl (C=O) groups is 2. The minimum absolute atomic E-state index is 0.0436. The molecular formula is C20H14ClF4N5O5. The van der Waals surface area contributed by atoms with Gasteiger partial charge in [-0.15, -0.1) is 0 Å². The Morgan fingerprint density at radius 3 is 2.43 bits per heavy atom. The molecule has 0 saturated carbocycles. The molecule has 0 fully saturated rings. The largest absolute Gasteiger partial charge is 0.493 e. The Morgan fingerprint density at radius 2 is 1.80 bits per heavy atom. The van der Waals surface area contributed by atoms with Gasteiger partial charge in [0.25, 0.3) is 0 Å². The Labute approximate surface area is 198 Å². The van der Waals surface area contributed by atoms with Crippen molar-refractivity contribution >= 4 is 40.7 Å². The highest BCUT2D eigenvalue weighted by molar-refractivity contribution is 6.31. The molecule has 0 bridgehead atoms. The van der Waals surface area contributed by atoms with E-state index in [1.807, 2.05) is 0 Å². The number of alkyl halides is 3. The Balaban J connectivity index is 1.82. The molecule has 3 rings (SSSR count). The average molecular weight is 516 g/mol. The second-order valence-electron chi connectivity index (χ2n) is 6.75. The highest BCUT2D eigenvalue weighted by Gasteiger charge is 2.42. The Bertz CT molecular complexity index is 1250. The zero-order valence-electron chi connectivity index (χ0n) is 17.3. The maximum Gasteiger partial charge on any atom is 0.493 e. The molecule has 0 amide bonds. The summed E-state index contributed by atoms with van der Waals surface area (Å²) in [6.07, 6.45) is -5.47. The summed E-state index contributed by atoms with van der Waals surface area (Å²) < 4.78 is 55.7. The number of oxime groups is 1. The Kier molecular flexibility index (Phi) is 7.86. The van der Waals surface area contributed by atoms with Crippen LogP contribution in [0.2, 0.25) is 5.02 Å². The molecule has 35 heavy (non-hydrogen) atoms. The molecule has 10 nitrogen and oxygen atoms in total. The van der Waals surface area contributed by atoms with Crippen molar-refractivity contribution in [3.05, 3.63) is 70.3 Å². The topological polar surface area (TPSA) is 139 Å². The van der Waals surface area contributed by atoms with E-state index in [-0.39, 0.29) is 35.1 Å². The van der Waals surface area contributed by atoms with E-state index in [1.54, 1.807) is 24.3 Å². The zero-order chi connectivity index (χ0) is 25.6. The van der Waals surface area contributed by atoms with E-state index in [0.29, 0.717) is 11.3 Å². The molecule has 0 aliphatic rings. The number of aliphatic carboxylic acids is 1. The van der Waals surface area contributed by atoms with Crippen LogP contribution in [0.4, 0.5) is 28.9 Å². The molecule has 184 valence electrons. The standard InChI is InChI=1S/C20H14ClF4N5O5/c21-13-8-12(5-6-14(13)22)27-18(30-34-19(33)20(23,24)25)17-15(28-35-29-17)9-26-11-3-1-10(2-4-11)7-16(31)32/h1-6,8,26H,7,9H2,(H,27,30)(H,31,32). The van der Waals surface area contributed by atoms with Crippen LogP contribution in [-0.4, -0.2) is 39.4 Å². The van der Waals surface area contributed by atoms with Crippen LogP contribution in [0.3, 0.4) is 0 Å². The number of carboxylic acid groups (broad SMARTS) is 1. The van der Waals surface area contributed by atoms with Crippen molar-refractivity contribution in [2.45, 2.75) is 19.1 Å². The maximum atomic E-state index is 13.4. The number of carbonyl (C=O) groups excluding carboxylic acids is 1. The lowest BCUT2D eigenvalue weighted by molar-refractivity contribution is -0.199. The number of halogens is 5. The van der Waals surface area contributed by atoms with E-state index in [9.17, 15) is 27.2 Å². The summed E-state index contributed by atoms with van der Waals surface area (Å²) >= 11 is 5.72. The second kappa shape index (κ2) is 10.8. The number of anilines is 2. The van der Waals surface area contributed by atoms with Crippen LogP contribution in [0.1, 0.15) is 17.0 Å². The summed E-state index contributed by atoms with van der Waals surface area (Å²) in [5.41, 5.74) is 1.01. The molecule has 3 aromatic rings. The fourth-order valence-electron chi connectivity index (χ4n) is 2.58. The zero-order valence-corrected chi connectivity index (χ0v) is 18.0. The molecule has 3 N–H and O–H groups in total. The molecule has 0 aliphatic carbocycles. The third-order valence-electron chi connectivity index (χ3n) is 4.18. The number of aromatic nitrogens is 2. The minimum Gasteiger partial charge on any atom is -0.481 e. The number of amidine groups is 1. The van der Waals surface area contributed by atoms with Crippen molar-refractivity contribution in [1.29, 1.82) is 0 Å². The van der Waals surface area contributed by atoms with Gasteiger partial charge in [0, 0.05) is 11.4 Å². The van der Waals surface area contributed by atoms with E-state index in [1.165, 1.54) is 6.07 Å². The van der Waals surface area contributed by atoms with Crippen LogP contribution in [0.25, 0.3) is 0 Å².